The average Bonchev–Trinajstić information content (AvgIpc) is 2.79. The number of fused-ring (bicyclic) bond motifs is 1. The van der Waals surface area contributed by atoms with Crippen molar-refractivity contribution in [3.05, 3.63) is 58.7 Å². The molecule has 30 heavy (non-hydrogen) atoms. The summed E-state index contributed by atoms with van der Waals surface area (Å²) < 4.78 is 5.67. The highest BCUT2D eigenvalue weighted by molar-refractivity contribution is 7.99. The normalized spacial score (nSPS) is 18.9. The van der Waals surface area contributed by atoms with Crippen LogP contribution in [0.4, 0.5) is 5.69 Å². The Kier molecular flexibility index (Phi) is 6.88. The van der Waals surface area contributed by atoms with Crippen LogP contribution in [0.1, 0.15) is 34.4 Å². The van der Waals surface area contributed by atoms with Crippen LogP contribution >= 0.6 is 11.8 Å². The van der Waals surface area contributed by atoms with Gasteiger partial charge in [-0.05, 0) is 51.6 Å². The molecule has 1 amide bonds. The second kappa shape index (κ2) is 9.23. The number of carbonyl (C=O) groups is 2. The van der Waals surface area contributed by atoms with Crippen LogP contribution in [-0.2, 0) is 14.3 Å². The van der Waals surface area contributed by atoms with Gasteiger partial charge >= 0.3 is 5.97 Å². The fourth-order valence-corrected chi connectivity index (χ4v) is 5.21. The van der Waals surface area contributed by atoms with Gasteiger partial charge < -0.3 is 14.5 Å². The molecule has 1 unspecified atom stereocenters. The smallest absolute Gasteiger partial charge is 0.303 e. The summed E-state index contributed by atoms with van der Waals surface area (Å²) >= 11 is 1.62. The first-order valence-electron chi connectivity index (χ1n) is 10.2. The molecule has 0 radical (unpaired) electrons. The van der Waals surface area contributed by atoms with Gasteiger partial charge in [0.2, 0.25) is 0 Å². The molecule has 0 spiro atoms. The predicted octanol–water partition coefficient (Wildman–Crippen LogP) is 4.29. The number of likely N-dealkylation sites (N-methyl/N-ethyl adjacent to an activating group) is 1. The first-order valence-corrected chi connectivity index (χ1v) is 11.0. The largest absolute Gasteiger partial charge is 0.451 e. The summed E-state index contributed by atoms with van der Waals surface area (Å²) in [6.07, 6.45) is -0.886. The van der Waals surface area contributed by atoms with E-state index in [1.54, 1.807) is 11.8 Å². The van der Waals surface area contributed by atoms with E-state index in [1.807, 2.05) is 51.0 Å². The third-order valence-electron chi connectivity index (χ3n) is 5.26. The number of hydrogen-bond acceptors (Lipinski definition) is 5. The lowest BCUT2D eigenvalue weighted by molar-refractivity contribution is -0.152. The molecular weight excluding hydrogens is 396 g/mol. The Morgan fingerprint density at radius 1 is 1.13 bits per heavy atom. The number of nitrogens with zero attached hydrogens (tertiary/aromatic N) is 2. The highest BCUT2D eigenvalue weighted by atomic mass is 32.2. The zero-order chi connectivity index (χ0) is 22.0. The fraction of sp³-hybridized carbons (Fsp3) is 0.417. The third-order valence-corrected chi connectivity index (χ3v) is 6.79. The number of anilines is 1. The lowest BCUT2D eigenvalue weighted by Gasteiger charge is -2.29. The molecule has 1 aliphatic heterocycles. The number of esters is 1. The second-order valence-corrected chi connectivity index (χ2v) is 9.30. The molecular formula is C24H30N2O3S. The average molecular weight is 427 g/mol. The molecule has 2 atom stereocenters. The van der Waals surface area contributed by atoms with E-state index in [9.17, 15) is 9.59 Å². The van der Waals surface area contributed by atoms with E-state index in [0.717, 1.165) is 32.8 Å². The molecule has 0 saturated heterocycles. The maximum Gasteiger partial charge on any atom is 0.303 e. The Labute approximate surface area is 183 Å². The summed E-state index contributed by atoms with van der Waals surface area (Å²) in [5.41, 5.74) is 5.18. The highest BCUT2D eigenvalue weighted by Crippen LogP contribution is 2.49. The van der Waals surface area contributed by atoms with Gasteiger partial charge in [0.25, 0.3) is 5.91 Å². The number of benzene rings is 2. The van der Waals surface area contributed by atoms with Gasteiger partial charge in [-0.3, -0.25) is 9.59 Å². The van der Waals surface area contributed by atoms with Crippen molar-refractivity contribution in [2.24, 2.45) is 0 Å². The molecule has 0 N–H and O–H groups in total. The second-order valence-electron chi connectivity index (χ2n) is 8.15. The van der Waals surface area contributed by atoms with Gasteiger partial charge in [0, 0.05) is 24.9 Å². The number of thioether (sulfide) groups is 1. The maximum absolute atomic E-state index is 13.8. The monoisotopic (exact) mass is 426 g/mol. The molecule has 0 bridgehead atoms. The molecule has 2 aromatic carbocycles. The Balaban J connectivity index is 2.19. The summed E-state index contributed by atoms with van der Waals surface area (Å²) in [4.78, 5) is 30.7. The minimum atomic E-state index is -0.886. The summed E-state index contributed by atoms with van der Waals surface area (Å²) in [5.74, 6) is -0.614. The van der Waals surface area contributed by atoms with E-state index < -0.39 is 12.1 Å². The van der Waals surface area contributed by atoms with Gasteiger partial charge in [0.15, 0.2) is 6.10 Å². The van der Waals surface area contributed by atoms with Crippen LogP contribution in [0.25, 0.3) is 0 Å². The number of hydrogen-bond donors (Lipinski definition) is 0. The maximum atomic E-state index is 13.8. The Morgan fingerprint density at radius 3 is 2.47 bits per heavy atom. The van der Waals surface area contributed by atoms with Crippen molar-refractivity contribution in [1.29, 1.82) is 0 Å². The molecule has 5 nitrogen and oxygen atoms in total. The van der Waals surface area contributed by atoms with E-state index >= 15 is 0 Å². The van der Waals surface area contributed by atoms with Crippen LogP contribution in [0, 0.1) is 20.8 Å². The van der Waals surface area contributed by atoms with Gasteiger partial charge in [0.1, 0.15) is 0 Å². The molecule has 0 aromatic heterocycles. The summed E-state index contributed by atoms with van der Waals surface area (Å²) in [7, 11) is 3.97. The van der Waals surface area contributed by atoms with E-state index in [4.69, 9.17) is 4.74 Å². The van der Waals surface area contributed by atoms with Crippen LogP contribution in [0.5, 0.6) is 0 Å². The van der Waals surface area contributed by atoms with Gasteiger partial charge in [-0.25, -0.2) is 0 Å². The van der Waals surface area contributed by atoms with Crippen molar-refractivity contribution in [2.45, 2.75) is 43.9 Å². The van der Waals surface area contributed by atoms with E-state index in [0.29, 0.717) is 13.1 Å². The molecule has 1 aliphatic rings. The fourth-order valence-electron chi connectivity index (χ4n) is 3.74. The van der Waals surface area contributed by atoms with Crippen LogP contribution in [0.15, 0.2) is 41.3 Å². The number of aryl methyl sites for hydroxylation is 3. The molecule has 3 rings (SSSR count). The quantitative estimate of drug-likeness (QED) is 0.668. The van der Waals surface area contributed by atoms with Crippen LogP contribution in [0.2, 0.25) is 0 Å². The molecule has 0 fully saturated rings. The van der Waals surface area contributed by atoms with E-state index in [2.05, 4.69) is 30.0 Å². The number of carbonyl (C=O) groups excluding carboxylic acids is 2. The van der Waals surface area contributed by atoms with E-state index in [1.165, 1.54) is 6.92 Å². The summed E-state index contributed by atoms with van der Waals surface area (Å²) in [6.45, 7) is 8.74. The standard InChI is InChI=1S/C24H30N2O3S/c1-15-8-7-9-19(14-15)23-21(29-18(4)27)24(28)26(13-12-25(5)6)20-16(2)10-11-17(3)22(20)30-23/h7-11,14,21,23H,12-13H2,1-6H3/t21?,23-/m0/s1. The molecule has 0 saturated carbocycles. The zero-order valence-electron chi connectivity index (χ0n) is 18.6. The van der Waals surface area contributed by atoms with Crippen molar-refractivity contribution in [3.8, 4) is 0 Å². The van der Waals surface area contributed by atoms with Gasteiger partial charge in [-0.1, -0.05) is 42.0 Å². The number of amides is 1. The van der Waals surface area contributed by atoms with Crippen LogP contribution in [-0.4, -0.2) is 50.1 Å². The van der Waals surface area contributed by atoms with Gasteiger partial charge in [-0.15, -0.1) is 11.8 Å². The van der Waals surface area contributed by atoms with Gasteiger partial charge in [-0.2, -0.15) is 0 Å². The summed E-state index contributed by atoms with van der Waals surface area (Å²) in [5, 5.41) is -0.315. The minimum Gasteiger partial charge on any atom is -0.451 e. The third kappa shape index (κ3) is 4.71. The van der Waals surface area contributed by atoms with Crippen LogP contribution < -0.4 is 4.90 Å². The van der Waals surface area contributed by atoms with Crippen LogP contribution in [0.3, 0.4) is 0 Å². The van der Waals surface area contributed by atoms with E-state index in [-0.39, 0.29) is 11.2 Å². The molecule has 0 aliphatic carbocycles. The van der Waals surface area contributed by atoms with Crippen molar-refractivity contribution in [2.75, 3.05) is 32.1 Å². The highest BCUT2D eigenvalue weighted by Gasteiger charge is 2.41. The van der Waals surface area contributed by atoms with Crippen molar-refractivity contribution in [3.63, 3.8) is 0 Å². The zero-order valence-corrected chi connectivity index (χ0v) is 19.4. The van der Waals surface area contributed by atoms with Crippen molar-refractivity contribution in [1.82, 2.24) is 4.90 Å². The molecule has 6 heteroatoms. The SMILES string of the molecule is CC(=O)OC1C(=O)N(CCN(C)C)c2c(C)ccc(C)c2S[C@H]1c1cccc(C)c1. The topological polar surface area (TPSA) is 49.9 Å². The number of ether oxygens (including phenoxy) is 1. The number of rotatable bonds is 5. The predicted molar refractivity (Wildman–Crippen MR) is 122 cm³/mol. The Bertz CT molecular complexity index is 957. The molecule has 1 heterocycles. The van der Waals surface area contributed by atoms with Crippen molar-refractivity contribution >= 4 is 29.3 Å². The first-order chi connectivity index (χ1) is 14.2. The minimum absolute atomic E-state index is 0.168. The first kappa shape index (κ1) is 22.4. The van der Waals surface area contributed by atoms with Crippen molar-refractivity contribution < 1.29 is 14.3 Å². The molecule has 2 aromatic rings. The lowest BCUT2D eigenvalue weighted by atomic mass is 10.0. The Hall–Kier alpha value is -2.31. The lowest BCUT2D eigenvalue weighted by Crippen LogP contribution is -2.45. The Morgan fingerprint density at radius 2 is 1.83 bits per heavy atom. The summed E-state index contributed by atoms with van der Waals surface area (Å²) in [6, 6.07) is 12.2. The molecule has 160 valence electrons. The van der Waals surface area contributed by atoms with Gasteiger partial charge in [0.05, 0.1) is 10.9 Å².